The Morgan fingerprint density at radius 2 is 1.88 bits per heavy atom. The van der Waals surface area contributed by atoms with E-state index in [4.69, 9.17) is 0 Å². The third kappa shape index (κ3) is 6.49. The predicted molar refractivity (Wildman–Crippen MR) is 114 cm³/mol. The SMILES string of the molecule is CCC(CC)CNC(=NC)NCC(=O)N1CCc2ccccc2C1.I. The van der Waals surface area contributed by atoms with Crippen molar-refractivity contribution in [2.45, 2.75) is 39.7 Å². The van der Waals surface area contributed by atoms with E-state index in [2.05, 4.69) is 47.7 Å². The minimum absolute atomic E-state index is 0. The van der Waals surface area contributed by atoms with E-state index >= 15 is 0 Å². The number of halogens is 1. The Hall–Kier alpha value is -1.31. The summed E-state index contributed by atoms with van der Waals surface area (Å²) in [5.41, 5.74) is 2.62. The summed E-state index contributed by atoms with van der Waals surface area (Å²) in [4.78, 5) is 18.6. The van der Waals surface area contributed by atoms with Crippen molar-refractivity contribution in [1.29, 1.82) is 0 Å². The molecule has 140 valence electrons. The summed E-state index contributed by atoms with van der Waals surface area (Å²) in [5, 5.41) is 6.46. The molecule has 0 unspecified atom stereocenters. The first-order valence-electron chi connectivity index (χ1n) is 8.97. The molecule has 25 heavy (non-hydrogen) atoms. The van der Waals surface area contributed by atoms with Gasteiger partial charge in [-0.25, -0.2) is 0 Å². The van der Waals surface area contributed by atoms with Gasteiger partial charge in [0.05, 0.1) is 6.54 Å². The highest BCUT2D eigenvalue weighted by Gasteiger charge is 2.20. The molecule has 0 saturated carbocycles. The summed E-state index contributed by atoms with van der Waals surface area (Å²) in [6, 6.07) is 8.36. The summed E-state index contributed by atoms with van der Waals surface area (Å²) in [5.74, 6) is 1.46. The maximum Gasteiger partial charge on any atom is 0.242 e. The van der Waals surface area contributed by atoms with E-state index in [-0.39, 0.29) is 36.4 Å². The minimum atomic E-state index is 0. The van der Waals surface area contributed by atoms with Gasteiger partial charge < -0.3 is 15.5 Å². The van der Waals surface area contributed by atoms with Crippen LogP contribution in [0.15, 0.2) is 29.3 Å². The van der Waals surface area contributed by atoms with Crippen LogP contribution in [0, 0.1) is 5.92 Å². The van der Waals surface area contributed by atoms with E-state index in [1.54, 1.807) is 7.05 Å². The lowest BCUT2D eigenvalue weighted by atomic mass is 10.00. The average Bonchev–Trinajstić information content (AvgIpc) is 2.64. The Morgan fingerprint density at radius 3 is 2.52 bits per heavy atom. The van der Waals surface area contributed by atoms with Crippen molar-refractivity contribution < 1.29 is 4.79 Å². The topological polar surface area (TPSA) is 56.7 Å². The predicted octanol–water partition coefficient (Wildman–Crippen LogP) is 2.79. The van der Waals surface area contributed by atoms with E-state index < -0.39 is 0 Å². The fraction of sp³-hybridized carbons (Fsp3) is 0.579. The van der Waals surface area contributed by atoms with Gasteiger partial charge in [-0.3, -0.25) is 9.79 Å². The molecular formula is C19H31IN4O. The van der Waals surface area contributed by atoms with Gasteiger partial charge in [-0.1, -0.05) is 51.0 Å². The van der Waals surface area contributed by atoms with Gasteiger partial charge in [0.2, 0.25) is 5.91 Å². The number of hydrogen-bond acceptors (Lipinski definition) is 2. The zero-order valence-corrected chi connectivity index (χ0v) is 17.9. The maximum atomic E-state index is 12.5. The van der Waals surface area contributed by atoms with E-state index in [1.165, 1.54) is 11.1 Å². The molecule has 0 saturated heterocycles. The second-order valence-corrected chi connectivity index (χ2v) is 6.32. The molecule has 0 radical (unpaired) electrons. The van der Waals surface area contributed by atoms with Crippen molar-refractivity contribution in [3.63, 3.8) is 0 Å². The van der Waals surface area contributed by atoms with Crippen LogP contribution in [0.2, 0.25) is 0 Å². The van der Waals surface area contributed by atoms with Crippen LogP contribution in [0.4, 0.5) is 0 Å². The highest BCUT2D eigenvalue weighted by atomic mass is 127. The van der Waals surface area contributed by atoms with Gasteiger partial charge >= 0.3 is 0 Å². The number of nitrogens with zero attached hydrogens (tertiary/aromatic N) is 2. The monoisotopic (exact) mass is 458 g/mol. The third-order valence-corrected chi connectivity index (χ3v) is 4.83. The van der Waals surface area contributed by atoms with E-state index in [0.29, 0.717) is 18.4 Å². The van der Waals surface area contributed by atoms with Gasteiger partial charge in [-0.2, -0.15) is 0 Å². The molecule has 0 atom stereocenters. The molecule has 1 aliphatic heterocycles. The first-order chi connectivity index (χ1) is 11.7. The number of carbonyl (C=O) groups excluding carboxylic acids is 1. The summed E-state index contributed by atoms with van der Waals surface area (Å²) >= 11 is 0. The number of amides is 1. The summed E-state index contributed by atoms with van der Waals surface area (Å²) in [7, 11) is 1.74. The molecular weight excluding hydrogens is 427 g/mol. The number of benzene rings is 1. The van der Waals surface area contributed by atoms with Crippen molar-refractivity contribution in [2.75, 3.05) is 26.7 Å². The smallest absolute Gasteiger partial charge is 0.242 e. The maximum absolute atomic E-state index is 12.5. The molecule has 0 aliphatic carbocycles. The van der Waals surface area contributed by atoms with Gasteiger partial charge in [-0.15, -0.1) is 24.0 Å². The molecule has 2 rings (SSSR count). The normalized spacial score (nSPS) is 13.9. The lowest BCUT2D eigenvalue weighted by Crippen LogP contribution is -2.46. The zero-order chi connectivity index (χ0) is 17.4. The average molecular weight is 458 g/mol. The van der Waals surface area contributed by atoms with E-state index in [9.17, 15) is 4.79 Å². The first kappa shape index (κ1) is 21.7. The van der Waals surface area contributed by atoms with Crippen LogP contribution in [-0.2, 0) is 17.8 Å². The second-order valence-electron chi connectivity index (χ2n) is 6.32. The number of hydrogen-bond donors (Lipinski definition) is 2. The van der Waals surface area contributed by atoms with Crippen LogP contribution in [0.3, 0.4) is 0 Å². The molecule has 1 aromatic carbocycles. The fourth-order valence-corrected chi connectivity index (χ4v) is 3.02. The Balaban J connectivity index is 0.00000312. The summed E-state index contributed by atoms with van der Waals surface area (Å²) in [6.45, 7) is 7.06. The molecule has 6 heteroatoms. The van der Waals surface area contributed by atoms with Crippen LogP contribution < -0.4 is 10.6 Å². The highest BCUT2D eigenvalue weighted by molar-refractivity contribution is 14.0. The number of fused-ring (bicyclic) bond motifs is 1. The molecule has 0 fully saturated rings. The number of carbonyl (C=O) groups is 1. The summed E-state index contributed by atoms with van der Waals surface area (Å²) < 4.78 is 0. The third-order valence-electron chi connectivity index (χ3n) is 4.83. The van der Waals surface area contributed by atoms with Gasteiger partial charge in [0.15, 0.2) is 5.96 Å². The van der Waals surface area contributed by atoms with E-state index in [1.807, 2.05) is 11.0 Å². The van der Waals surface area contributed by atoms with Gasteiger partial charge in [-0.05, 0) is 23.5 Å². The Labute approximate surface area is 168 Å². The van der Waals surface area contributed by atoms with Gasteiger partial charge in [0, 0.05) is 26.7 Å². The van der Waals surface area contributed by atoms with Crippen LogP contribution in [0.1, 0.15) is 37.8 Å². The van der Waals surface area contributed by atoms with Crippen LogP contribution >= 0.6 is 24.0 Å². The van der Waals surface area contributed by atoms with Gasteiger partial charge in [0.1, 0.15) is 0 Å². The van der Waals surface area contributed by atoms with Crippen LogP contribution in [0.5, 0.6) is 0 Å². The van der Waals surface area contributed by atoms with E-state index in [0.717, 1.165) is 32.4 Å². The zero-order valence-electron chi connectivity index (χ0n) is 15.5. The second kappa shape index (κ2) is 11.3. The molecule has 1 heterocycles. The minimum Gasteiger partial charge on any atom is -0.356 e. The quantitative estimate of drug-likeness (QED) is 0.392. The van der Waals surface area contributed by atoms with Gasteiger partial charge in [0.25, 0.3) is 0 Å². The molecule has 0 spiro atoms. The Kier molecular flexibility index (Phi) is 9.85. The highest BCUT2D eigenvalue weighted by Crippen LogP contribution is 2.18. The molecule has 0 bridgehead atoms. The molecule has 1 aliphatic rings. The molecule has 0 aromatic heterocycles. The number of guanidine groups is 1. The van der Waals surface area contributed by atoms with Crippen molar-refractivity contribution in [3.05, 3.63) is 35.4 Å². The fourth-order valence-electron chi connectivity index (χ4n) is 3.02. The summed E-state index contributed by atoms with van der Waals surface area (Å²) in [6.07, 6.45) is 3.22. The molecule has 2 N–H and O–H groups in total. The molecule has 5 nitrogen and oxygen atoms in total. The number of aliphatic imine (C=N–C) groups is 1. The first-order valence-corrected chi connectivity index (χ1v) is 8.97. The van der Waals surface area contributed by atoms with Crippen LogP contribution in [0.25, 0.3) is 0 Å². The Morgan fingerprint density at radius 1 is 1.20 bits per heavy atom. The van der Waals surface area contributed by atoms with Crippen molar-refractivity contribution in [3.8, 4) is 0 Å². The number of rotatable bonds is 6. The van der Waals surface area contributed by atoms with Crippen molar-refractivity contribution in [2.24, 2.45) is 10.9 Å². The Bertz CT molecular complexity index is 572. The standard InChI is InChI=1S/C19H30N4O.HI/c1-4-15(5-2)12-21-19(20-3)22-13-18(24)23-11-10-16-8-6-7-9-17(16)14-23;/h6-9,15H,4-5,10-14H2,1-3H3,(H2,20,21,22);1H. The lowest BCUT2D eigenvalue weighted by Gasteiger charge is -2.29. The van der Waals surface area contributed by atoms with Crippen molar-refractivity contribution >= 4 is 35.8 Å². The lowest BCUT2D eigenvalue weighted by molar-refractivity contribution is -0.130. The van der Waals surface area contributed by atoms with Crippen molar-refractivity contribution in [1.82, 2.24) is 15.5 Å². The largest absolute Gasteiger partial charge is 0.356 e. The molecule has 1 aromatic rings. The molecule has 1 amide bonds. The number of nitrogens with one attached hydrogen (secondary N) is 2. The van der Waals surface area contributed by atoms with Crippen LogP contribution in [-0.4, -0.2) is 43.4 Å².